The molecule has 9 heteroatoms. The van der Waals surface area contributed by atoms with Gasteiger partial charge >= 0.3 is 0 Å². The number of rotatable bonds is 3. The van der Waals surface area contributed by atoms with Crippen molar-refractivity contribution < 1.29 is 9.18 Å². The van der Waals surface area contributed by atoms with Crippen LogP contribution in [0.3, 0.4) is 0 Å². The van der Waals surface area contributed by atoms with Gasteiger partial charge in [-0.15, -0.1) is 0 Å². The number of nitrogens with two attached hydrogens (primary N) is 1. The van der Waals surface area contributed by atoms with Gasteiger partial charge in [0.2, 0.25) is 0 Å². The second-order valence-electron chi connectivity index (χ2n) is 8.21. The topological polar surface area (TPSA) is 101 Å². The summed E-state index contributed by atoms with van der Waals surface area (Å²) in [7, 11) is 2.10. The molecule has 2 aromatic heterocycles. The number of hydrogen-bond acceptors (Lipinski definition) is 6. The van der Waals surface area contributed by atoms with Gasteiger partial charge in [-0.25, -0.2) is 19.4 Å². The first-order valence-electron chi connectivity index (χ1n) is 10.8. The second-order valence-corrected chi connectivity index (χ2v) is 8.21. The summed E-state index contributed by atoms with van der Waals surface area (Å²) in [4.78, 5) is 28.2. The van der Waals surface area contributed by atoms with E-state index in [4.69, 9.17) is 10.7 Å². The van der Waals surface area contributed by atoms with Crippen LogP contribution in [0.1, 0.15) is 41.5 Å². The Bertz CT molecular complexity index is 1310. The molecule has 0 radical (unpaired) electrons. The van der Waals surface area contributed by atoms with Crippen LogP contribution in [0.5, 0.6) is 0 Å². The number of aliphatic imine (C=N–C) groups is 1. The first-order valence-corrected chi connectivity index (χ1v) is 10.8. The molecule has 1 fully saturated rings. The SMILES string of the molecule is CN1CCC[C@H]1c1nc(-c2ccc(C(=O)NC3=NC=CCC(F)=C3)cc2)c2c(N)nccn12. The number of imidazole rings is 1. The van der Waals surface area contributed by atoms with E-state index < -0.39 is 0 Å². The average Bonchev–Trinajstić information content (AvgIpc) is 3.34. The van der Waals surface area contributed by atoms with E-state index in [1.54, 1.807) is 24.4 Å². The summed E-state index contributed by atoms with van der Waals surface area (Å²) in [5, 5.41) is 2.64. The molecule has 8 nitrogen and oxygen atoms in total. The molecule has 1 atom stereocenters. The van der Waals surface area contributed by atoms with Crippen LogP contribution >= 0.6 is 0 Å². The predicted molar refractivity (Wildman–Crippen MR) is 125 cm³/mol. The standard InChI is InChI=1S/C24H24FN7O/c1-31-12-3-5-18(31)23-30-20(21-22(26)28-11-13-32(21)23)15-6-8-16(9-7-15)24(33)29-19-14-17(25)4-2-10-27-19/h2,6-11,13-14,18H,3-5,12H2,1H3,(H2,26,28)(H,27,29,33)/t18-/m0/s1. The molecule has 0 unspecified atom stereocenters. The van der Waals surface area contributed by atoms with Crippen LogP contribution < -0.4 is 11.1 Å². The molecule has 0 saturated carbocycles. The third-order valence-electron chi connectivity index (χ3n) is 6.02. The fraction of sp³-hybridized carbons (Fsp3) is 0.250. The smallest absolute Gasteiger partial charge is 0.256 e. The van der Waals surface area contributed by atoms with Crippen molar-refractivity contribution in [1.29, 1.82) is 0 Å². The summed E-state index contributed by atoms with van der Waals surface area (Å²) in [6.07, 6.45) is 10.2. The van der Waals surface area contributed by atoms with Crippen LogP contribution in [-0.4, -0.2) is 44.6 Å². The summed E-state index contributed by atoms with van der Waals surface area (Å²) in [6.45, 7) is 1.03. The lowest BCUT2D eigenvalue weighted by Crippen LogP contribution is -2.29. The first kappa shape index (κ1) is 21.0. The highest BCUT2D eigenvalue weighted by Crippen LogP contribution is 2.35. The normalized spacial score (nSPS) is 18.8. The van der Waals surface area contributed by atoms with Gasteiger partial charge in [-0.05, 0) is 38.6 Å². The number of halogens is 1. The molecule has 0 bridgehead atoms. The number of carbonyl (C=O) groups excluding carboxylic acids is 1. The summed E-state index contributed by atoms with van der Waals surface area (Å²) in [5.41, 5.74) is 8.98. The Kier molecular flexibility index (Phi) is 5.47. The highest BCUT2D eigenvalue weighted by atomic mass is 19.1. The van der Waals surface area contributed by atoms with Gasteiger partial charge in [-0.1, -0.05) is 18.2 Å². The average molecular weight is 446 g/mol. The number of carbonyl (C=O) groups is 1. The summed E-state index contributed by atoms with van der Waals surface area (Å²) in [5.74, 6) is 0.772. The lowest BCUT2D eigenvalue weighted by atomic mass is 10.1. The number of nitrogens with one attached hydrogen (secondary N) is 1. The van der Waals surface area contributed by atoms with Crippen LogP contribution in [0.4, 0.5) is 10.2 Å². The Morgan fingerprint density at radius 3 is 2.85 bits per heavy atom. The fourth-order valence-electron chi connectivity index (χ4n) is 4.34. The Balaban J connectivity index is 1.46. The van der Waals surface area contributed by atoms with Gasteiger partial charge in [0.25, 0.3) is 5.91 Å². The van der Waals surface area contributed by atoms with E-state index in [9.17, 15) is 9.18 Å². The number of likely N-dealkylation sites (tertiary alicyclic amines) is 1. The van der Waals surface area contributed by atoms with E-state index in [1.807, 2.05) is 22.7 Å². The number of nitrogens with zero attached hydrogens (tertiary/aromatic N) is 5. The Hall–Kier alpha value is -3.85. The van der Waals surface area contributed by atoms with E-state index in [1.165, 1.54) is 12.3 Å². The molecule has 1 saturated heterocycles. The summed E-state index contributed by atoms with van der Waals surface area (Å²) < 4.78 is 15.7. The van der Waals surface area contributed by atoms with E-state index in [2.05, 4.69) is 27.2 Å². The number of benzene rings is 1. The number of amides is 1. The monoisotopic (exact) mass is 445 g/mol. The first-order chi connectivity index (χ1) is 16.0. The molecular formula is C24H24FN7O. The van der Waals surface area contributed by atoms with Gasteiger partial charge in [0.05, 0.1) is 6.04 Å². The third kappa shape index (κ3) is 4.03. The Morgan fingerprint density at radius 2 is 2.09 bits per heavy atom. The van der Waals surface area contributed by atoms with Crippen molar-refractivity contribution in [3.63, 3.8) is 0 Å². The van der Waals surface area contributed by atoms with E-state index in [0.717, 1.165) is 42.0 Å². The minimum Gasteiger partial charge on any atom is -0.382 e. The number of allylic oxidation sites excluding steroid dienone is 2. The molecule has 5 rings (SSSR count). The molecule has 0 spiro atoms. The van der Waals surface area contributed by atoms with E-state index >= 15 is 0 Å². The van der Waals surface area contributed by atoms with Crippen LogP contribution in [-0.2, 0) is 0 Å². The van der Waals surface area contributed by atoms with Crippen molar-refractivity contribution >= 4 is 23.1 Å². The van der Waals surface area contributed by atoms with Crippen molar-refractivity contribution in [2.45, 2.75) is 25.3 Å². The Morgan fingerprint density at radius 1 is 1.27 bits per heavy atom. The van der Waals surface area contributed by atoms with Gasteiger partial charge in [0.15, 0.2) is 0 Å². The van der Waals surface area contributed by atoms with Gasteiger partial charge in [-0.3, -0.25) is 14.1 Å². The molecule has 4 heterocycles. The van der Waals surface area contributed by atoms with Crippen LogP contribution in [0.25, 0.3) is 16.8 Å². The molecule has 3 aromatic rings. The maximum Gasteiger partial charge on any atom is 0.256 e. The van der Waals surface area contributed by atoms with Crippen molar-refractivity contribution in [1.82, 2.24) is 24.6 Å². The van der Waals surface area contributed by atoms with Crippen molar-refractivity contribution in [2.24, 2.45) is 4.99 Å². The zero-order chi connectivity index (χ0) is 22.9. The molecule has 168 valence electrons. The Labute approximate surface area is 190 Å². The molecule has 3 N–H and O–H groups in total. The third-order valence-corrected chi connectivity index (χ3v) is 6.02. The number of anilines is 1. The van der Waals surface area contributed by atoms with E-state index in [0.29, 0.717) is 11.4 Å². The molecule has 1 amide bonds. The molecule has 2 aliphatic heterocycles. The molecule has 33 heavy (non-hydrogen) atoms. The number of aromatic nitrogens is 3. The lowest BCUT2D eigenvalue weighted by molar-refractivity contribution is 0.0977. The van der Waals surface area contributed by atoms with Gasteiger partial charge in [0, 0.05) is 42.2 Å². The van der Waals surface area contributed by atoms with Crippen molar-refractivity contribution in [3.8, 4) is 11.3 Å². The molecule has 2 aliphatic rings. The quantitative estimate of drug-likeness (QED) is 0.641. The maximum atomic E-state index is 13.6. The number of amidine groups is 1. The predicted octanol–water partition coefficient (Wildman–Crippen LogP) is 3.64. The molecular weight excluding hydrogens is 421 g/mol. The highest BCUT2D eigenvalue weighted by Gasteiger charge is 2.28. The van der Waals surface area contributed by atoms with Crippen molar-refractivity contribution in [3.05, 3.63) is 72.2 Å². The van der Waals surface area contributed by atoms with Crippen molar-refractivity contribution in [2.75, 3.05) is 19.3 Å². The molecule has 0 aliphatic carbocycles. The summed E-state index contributed by atoms with van der Waals surface area (Å²) >= 11 is 0. The maximum absolute atomic E-state index is 13.6. The lowest BCUT2D eigenvalue weighted by Gasteiger charge is -2.18. The minimum absolute atomic E-state index is 0.160. The summed E-state index contributed by atoms with van der Waals surface area (Å²) in [6, 6.07) is 7.28. The largest absolute Gasteiger partial charge is 0.382 e. The van der Waals surface area contributed by atoms with Crippen LogP contribution in [0, 0.1) is 0 Å². The second kappa shape index (κ2) is 8.59. The highest BCUT2D eigenvalue weighted by molar-refractivity contribution is 6.10. The number of fused-ring (bicyclic) bond motifs is 1. The number of hydrogen-bond donors (Lipinski definition) is 2. The fourth-order valence-corrected chi connectivity index (χ4v) is 4.34. The van der Waals surface area contributed by atoms with Crippen LogP contribution in [0.2, 0.25) is 0 Å². The van der Waals surface area contributed by atoms with Gasteiger partial charge in [0.1, 0.15) is 34.5 Å². The number of nitrogen functional groups attached to an aromatic ring is 1. The minimum atomic E-state index is -0.371. The van der Waals surface area contributed by atoms with Crippen LogP contribution in [0.15, 0.2) is 65.8 Å². The van der Waals surface area contributed by atoms with Gasteiger partial charge in [-0.2, -0.15) is 0 Å². The van der Waals surface area contributed by atoms with E-state index in [-0.39, 0.29) is 30.0 Å². The molecule has 1 aromatic carbocycles. The van der Waals surface area contributed by atoms with Gasteiger partial charge < -0.3 is 11.1 Å². The zero-order valence-corrected chi connectivity index (χ0v) is 18.2. The zero-order valence-electron chi connectivity index (χ0n) is 18.2.